The fourth-order valence-electron chi connectivity index (χ4n) is 7.82. The molecule has 73 heavy (non-hydrogen) atoms. The Bertz CT molecular complexity index is 2580. The number of aliphatic carboxylic acids is 1. The van der Waals surface area contributed by atoms with Gasteiger partial charge in [-0.1, -0.05) is 87.1 Å². The highest BCUT2D eigenvalue weighted by Crippen LogP contribution is 2.31. The number of benzene rings is 2. The summed E-state index contributed by atoms with van der Waals surface area (Å²) in [5.41, 5.74) is 1.61. The van der Waals surface area contributed by atoms with E-state index in [4.69, 9.17) is 28.8 Å². The molecule has 0 saturated carbocycles. The highest BCUT2D eigenvalue weighted by molar-refractivity contribution is 9.11. The Labute approximate surface area is 457 Å². The van der Waals surface area contributed by atoms with Crippen molar-refractivity contribution in [3.8, 4) is 0 Å². The molecule has 0 unspecified atom stereocenters. The zero-order valence-electron chi connectivity index (χ0n) is 44.5. The SMILES string of the molecule is CC(C)(C)OC(=O)N1CCC[C@H]1C(=O)O.CC(C)(C)OC(=O)N1CCC[C@H]1C(=O)OCC(=O)c1ccc(Br)c2ccn(COCC[Si](C)(C)C)c12.C[Si](C)(C)CCOCn1ccc2c(Br)ccc(C(=O)CBr)c21. The smallest absolute Gasteiger partial charge is 0.411 e. The number of esters is 1. The van der Waals surface area contributed by atoms with Crippen LogP contribution >= 0.6 is 47.8 Å². The summed E-state index contributed by atoms with van der Waals surface area (Å²) in [6.07, 6.45) is 5.17. The molecule has 0 radical (unpaired) electrons. The molecule has 16 nitrogen and oxygen atoms in total. The third-order valence-corrected chi connectivity index (χ3v) is 16.9. The average Bonchev–Trinajstić information content (AvgIpc) is 4.12. The van der Waals surface area contributed by atoms with E-state index in [9.17, 15) is 28.8 Å². The minimum atomic E-state index is -1.20. The Balaban J connectivity index is 0.000000264. The zero-order valence-corrected chi connectivity index (χ0v) is 51.3. The van der Waals surface area contributed by atoms with Crippen molar-refractivity contribution in [3.05, 3.63) is 68.9 Å². The van der Waals surface area contributed by atoms with Gasteiger partial charge in [0.1, 0.15) is 36.7 Å². The van der Waals surface area contributed by atoms with Crippen LogP contribution in [0.3, 0.4) is 0 Å². The van der Waals surface area contributed by atoms with E-state index < -0.39 is 70.2 Å². The zero-order chi connectivity index (χ0) is 54.6. The predicted molar refractivity (Wildman–Crippen MR) is 300 cm³/mol. The number of Topliss-reactive ketones (excluding diaryl/α,β-unsaturated/α-hetero) is 2. The number of hydrogen-bond acceptors (Lipinski definition) is 11. The van der Waals surface area contributed by atoms with Crippen LogP contribution in [-0.2, 0) is 46.7 Å². The molecule has 2 saturated heterocycles. The number of likely N-dealkylation sites (tertiary alicyclic amines) is 2. The average molecular weight is 1240 g/mol. The first-order valence-corrected chi connectivity index (χ1v) is 34.7. The van der Waals surface area contributed by atoms with Crippen LogP contribution in [0.15, 0.2) is 57.7 Å². The van der Waals surface area contributed by atoms with Crippen molar-refractivity contribution in [2.24, 2.45) is 0 Å². The van der Waals surface area contributed by atoms with Gasteiger partial charge in [0.25, 0.3) is 0 Å². The highest BCUT2D eigenvalue weighted by Gasteiger charge is 2.39. The van der Waals surface area contributed by atoms with Crippen molar-refractivity contribution in [1.82, 2.24) is 18.9 Å². The Kier molecular flexibility index (Phi) is 22.6. The monoisotopic (exact) mass is 1240 g/mol. The van der Waals surface area contributed by atoms with Gasteiger partial charge in [-0.15, -0.1) is 0 Å². The number of fused-ring (bicyclic) bond motifs is 2. The molecule has 2 aliphatic rings. The lowest BCUT2D eigenvalue weighted by Crippen LogP contribution is -2.44. The lowest BCUT2D eigenvalue weighted by Gasteiger charge is -2.27. The van der Waals surface area contributed by atoms with E-state index in [-0.39, 0.29) is 11.6 Å². The summed E-state index contributed by atoms with van der Waals surface area (Å²) in [6.45, 7) is 27.3. The van der Waals surface area contributed by atoms with Crippen LogP contribution in [0.2, 0.25) is 51.4 Å². The van der Waals surface area contributed by atoms with Crippen molar-refractivity contribution in [3.63, 3.8) is 0 Å². The molecule has 4 heterocycles. The van der Waals surface area contributed by atoms with Gasteiger partial charge >= 0.3 is 24.1 Å². The van der Waals surface area contributed by atoms with Gasteiger partial charge in [0.15, 0.2) is 12.4 Å². The molecule has 2 fully saturated rings. The molecule has 21 heteroatoms. The van der Waals surface area contributed by atoms with E-state index in [0.29, 0.717) is 63.3 Å². The maximum absolute atomic E-state index is 13.2. The van der Waals surface area contributed by atoms with Crippen molar-refractivity contribution < 1.29 is 57.6 Å². The number of carboxylic acids is 1. The number of hydrogen-bond donors (Lipinski definition) is 1. The van der Waals surface area contributed by atoms with E-state index in [1.807, 2.05) is 51.9 Å². The van der Waals surface area contributed by atoms with Gasteiger partial charge in [-0.05, 0) is 116 Å². The molecular weight excluding hydrogens is 1170 g/mol. The van der Waals surface area contributed by atoms with E-state index in [2.05, 4.69) is 87.1 Å². The summed E-state index contributed by atoms with van der Waals surface area (Å²) < 4.78 is 33.5. The number of halogens is 3. The van der Waals surface area contributed by atoms with Crippen molar-refractivity contribution in [2.45, 2.75) is 155 Å². The van der Waals surface area contributed by atoms with Crippen LogP contribution in [0.25, 0.3) is 21.8 Å². The van der Waals surface area contributed by atoms with Crippen molar-refractivity contribution in [1.29, 1.82) is 0 Å². The number of ether oxygens (including phenoxy) is 5. The molecule has 2 aromatic carbocycles. The molecule has 2 atom stereocenters. The van der Waals surface area contributed by atoms with Gasteiger partial charge in [0.2, 0.25) is 5.78 Å². The van der Waals surface area contributed by atoms with Crippen LogP contribution in [0, 0.1) is 0 Å². The predicted octanol–water partition coefficient (Wildman–Crippen LogP) is 12.6. The van der Waals surface area contributed by atoms with E-state index in [1.54, 1.807) is 47.6 Å². The van der Waals surface area contributed by atoms with Gasteiger partial charge in [-0.25, -0.2) is 19.2 Å². The van der Waals surface area contributed by atoms with Crippen molar-refractivity contribution in [2.75, 3.05) is 38.2 Å². The topological polar surface area (TPSA) is 185 Å². The number of aromatic nitrogens is 2. The van der Waals surface area contributed by atoms with Gasteiger partial charge < -0.3 is 37.9 Å². The second-order valence-electron chi connectivity index (χ2n) is 22.6. The number of carbonyl (C=O) groups is 6. The Morgan fingerprint density at radius 1 is 0.630 bits per heavy atom. The lowest BCUT2D eigenvalue weighted by molar-refractivity contribution is -0.147. The number of rotatable bonds is 17. The molecule has 404 valence electrons. The minimum Gasteiger partial charge on any atom is -0.480 e. The maximum Gasteiger partial charge on any atom is 0.411 e. The van der Waals surface area contributed by atoms with Crippen molar-refractivity contribution >= 4 is 121 Å². The number of carboxylic acid groups (broad SMARTS) is 1. The first kappa shape index (κ1) is 61.7. The lowest BCUT2D eigenvalue weighted by atomic mass is 10.1. The number of ketones is 2. The molecule has 4 aromatic rings. The van der Waals surface area contributed by atoms with Crippen LogP contribution in [-0.4, -0.2) is 137 Å². The van der Waals surface area contributed by atoms with Crippen LogP contribution in [0.4, 0.5) is 9.59 Å². The summed E-state index contributed by atoms with van der Waals surface area (Å²) in [7, 11) is -2.28. The normalized spacial score (nSPS) is 16.2. The number of carbonyl (C=O) groups excluding carboxylic acids is 5. The Hall–Kier alpha value is -3.87. The number of nitrogens with zero attached hydrogens (tertiary/aromatic N) is 4. The Morgan fingerprint density at radius 2 is 1.04 bits per heavy atom. The summed E-state index contributed by atoms with van der Waals surface area (Å²) in [4.78, 5) is 75.7. The standard InChI is InChI=1S/C26H37BrN2O6Si.C16H21Br2NO2Si.C10H17NO4/c1-26(2,3)35-25(32)29-12-7-8-21(29)24(31)34-16-22(30)19-9-10-20(27)18-11-13-28(23(18)19)17-33-14-15-36(4,5)6;1-22(2,3)9-8-21-11-19-7-6-12-14(18)5-4-13(16(12)19)15(20)10-17;1-10(2,3)15-9(14)11-6-4-5-7(11)8(12)13/h9-11,13,21H,7-8,12,14-17H2,1-6H3;4-7H,8-11H2,1-3H3;7H,4-6H2,1-3H3,(H,12,13)/t21-;;7-/m0.0/s1. The second-order valence-corrected chi connectivity index (χ2v) is 36.1. The third kappa shape index (κ3) is 19.0. The van der Waals surface area contributed by atoms with E-state index in [0.717, 1.165) is 61.4 Å². The van der Waals surface area contributed by atoms with Gasteiger partial charge in [0.05, 0.1) is 16.4 Å². The van der Waals surface area contributed by atoms with E-state index in [1.165, 1.54) is 9.80 Å². The fraction of sp³-hybridized carbons (Fsp3) is 0.577. The van der Waals surface area contributed by atoms with E-state index >= 15 is 0 Å². The Morgan fingerprint density at radius 3 is 1.44 bits per heavy atom. The molecule has 2 aromatic heterocycles. The molecule has 0 aliphatic carbocycles. The van der Waals surface area contributed by atoms with Gasteiger partial charge in [-0.3, -0.25) is 19.4 Å². The second kappa shape index (κ2) is 26.8. The first-order chi connectivity index (χ1) is 33.9. The van der Waals surface area contributed by atoms with Crippen LogP contribution in [0.5, 0.6) is 0 Å². The quantitative estimate of drug-likeness (QED) is 0.0264. The number of amides is 2. The van der Waals surface area contributed by atoms with Gasteiger partial charge in [-0.2, -0.15) is 0 Å². The molecule has 0 bridgehead atoms. The molecule has 6 rings (SSSR count). The first-order valence-electron chi connectivity index (χ1n) is 24.6. The molecular formula is C52H75Br3N4O12Si2. The maximum atomic E-state index is 13.2. The number of alkyl halides is 1. The molecule has 0 spiro atoms. The highest BCUT2D eigenvalue weighted by atomic mass is 79.9. The fourth-order valence-corrected chi connectivity index (χ4v) is 10.5. The van der Waals surface area contributed by atoms with Crippen LogP contribution in [0.1, 0.15) is 87.9 Å². The summed E-state index contributed by atoms with van der Waals surface area (Å²) in [5, 5.41) is 11.1. The summed E-state index contributed by atoms with van der Waals surface area (Å²) in [6, 6.07) is 12.0. The molecule has 2 aliphatic heterocycles. The minimum absolute atomic E-state index is 0.0829. The summed E-state index contributed by atoms with van der Waals surface area (Å²) >= 11 is 10.4. The molecule has 1 N–H and O–H groups in total. The third-order valence-electron chi connectivity index (χ3n) is 11.6. The van der Waals surface area contributed by atoms with Crippen LogP contribution < -0.4 is 0 Å². The summed E-state index contributed by atoms with van der Waals surface area (Å²) in [5.74, 6) is -1.78. The largest absolute Gasteiger partial charge is 0.480 e. The molecule has 2 amide bonds. The van der Waals surface area contributed by atoms with Gasteiger partial charge in [0, 0.05) is 85.7 Å².